The van der Waals surface area contributed by atoms with Gasteiger partial charge in [0.25, 0.3) is 5.91 Å². The van der Waals surface area contributed by atoms with Gasteiger partial charge in [0.15, 0.2) is 0 Å². The second-order valence-corrected chi connectivity index (χ2v) is 7.34. The van der Waals surface area contributed by atoms with Crippen LogP contribution in [0, 0.1) is 0 Å². The van der Waals surface area contributed by atoms with Gasteiger partial charge < -0.3 is 16.0 Å². The van der Waals surface area contributed by atoms with E-state index in [0.717, 1.165) is 18.4 Å². The largest absolute Gasteiger partial charge is 0.348 e. The molecule has 0 heterocycles. The lowest BCUT2D eigenvalue weighted by atomic mass is 9.99. The van der Waals surface area contributed by atoms with Crippen LogP contribution < -0.4 is 11.1 Å². The number of nitrogens with one attached hydrogen (secondary N) is 1. The summed E-state index contributed by atoms with van der Waals surface area (Å²) in [4.78, 5) is 27.1. The Morgan fingerprint density at radius 3 is 2.12 bits per heavy atom. The van der Waals surface area contributed by atoms with E-state index in [-0.39, 0.29) is 29.9 Å². The highest BCUT2D eigenvalue weighted by Gasteiger charge is 2.46. The van der Waals surface area contributed by atoms with Crippen LogP contribution >= 0.6 is 0 Å². The summed E-state index contributed by atoms with van der Waals surface area (Å²) in [7, 11) is 0. The molecule has 0 radical (unpaired) electrons. The molecule has 24 heavy (non-hydrogen) atoms. The van der Waals surface area contributed by atoms with Gasteiger partial charge in [0.05, 0.1) is 11.6 Å². The molecule has 1 aliphatic carbocycles. The highest BCUT2D eigenvalue weighted by atomic mass is 16.2. The Hall–Kier alpha value is -1.88. The Balaban J connectivity index is 2.26. The molecule has 1 fully saturated rings. The van der Waals surface area contributed by atoms with Crippen LogP contribution in [0.2, 0.25) is 0 Å². The predicted molar refractivity (Wildman–Crippen MR) is 95.6 cm³/mol. The number of rotatable bonds is 6. The van der Waals surface area contributed by atoms with Crippen LogP contribution in [0.4, 0.5) is 0 Å². The Morgan fingerprint density at radius 2 is 1.62 bits per heavy atom. The second-order valence-electron chi connectivity index (χ2n) is 7.34. The molecule has 1 aromatic carbocycles. The van der Waals surface area contributed by atoms with Gasteiger partial charge in [-0.25, -0.2) is 0 Å². The molecule has 2 amide bonds. The van der Waals surface area contributed by atoms with Gasteiger partial charge in [-0.05, 0) is 59.1 Å². The van der Waals surface area contributed by atoms with Crippen molar-refractivity contribution in [2.24, 2.45) is 5.73 Å². The minimum Gasteiger partial charge on any atom is -0.348 e. The number of benzene rings is 1. The number of hydrogen-bond acceptors (Lipinski definition) is 3. The van der Waals surface area contributed by atoms with Crippen molar-refractivity contribution in [2.45, 2.75) is 71.1 Å². The van der Waals surface area contributed by atoms with Crippen LogP contribution in [0.3, 0.4) is 0 Å². The minimum absolute atomic E-state index is 0.00872. The predicted octanol–water partition coefficient (Wildman–Crippen LogP) is 2.61. The monoisotopic (exact) mass is 331 g/mol. The van der Waals surface area contributed by atoms with Crippen molar-refractivity contribution in [3.8, 4) is 0 Å². The molecule has 0 spiro atoms. The number of nitrogens with zero attached hydrogens (tertiary/aromatic N) is 1. The third kappa shape index (κ3) is 3.78. The van der Waals surface area contributed by atoms with E-state index in [1.807, 2.05) is 63.8 Å². The van der Waals surface area contributed by atoms with Crippen molar-refractivity contribution in [2.75, 3.05) is 0 Å². The Kier molecular flexibility index (Phi) is 5.33. The lowest BCUT2D eigenvalue weighted by Gasteiger charge is -2.32. The number of amides is 2. The van der Waals surface area contributed by atoms with Crippen molar-refractivity contribution >= 4 is 11.8 Å². The van der Waals surface area contributed by atoms with E-state index in [1.165, 1.54) is 0 Å². The van der Waals surface area contributed by atoms with Gasteiger partial charge in [-0.1, -0.05) is 18.2 Å². The van der Waals surface area contributed by atoms with Crippen LogP contribution in [0.1, 0.15) is 69.4 Å². The second kappa shape index (κ2) is 6.93. The summed E-state index contributed by atoms with van der Waals surface area (Å²) in [5.74, 6) is -0.146. The maximum atomic E-state index is 13.0. The van der Waals surface area contributed by atoms with E-state index in [2.05, 4.69) is 5.32 Å². The summed E-state index contributed by atoms with van der Waals surface area (Å²) in [6.07, 6.45) is 1.45. The summed E-state index contributed by atoms with van der Waals surface area (Å²) < 4.78 is 0. The smallest absolute Gasteiger partial charge is 0.254 e. The fourth-order valence-corrected chi connectivity index (χ4v) is 3.05. The SMILES string of the molecule is CC(NC(=O)C1(N)CC1)c1ccccc1C(=O)N(C(C)C)C(C)C. The number of nitrogens with two attached hydrogens (primary N) is 1. The lowest BCUT2D eigenvalue weighted by molar-refractivity contribution is -0.123. The van der Waals surface area contributed by atoms with Gasteiger partial charge in [0.1, 0.15) is 0 Å². The van der Waals surface area contributed by atoms with Crippen molar-refractivity contribution in [3.63, 3.8) is 0 Å². The normalized spacial score (nSPS) is 16.8. The average molecular weight is 331 g/mol. The molecule has 1 atom stereocenters. The highest BCUT2D eigenvalue weighted by Crippen LogP contribution is 2.33. The topological polar surface area (TPSA) is 75.4 Å². The maximum Gasteiger partial charge on any atom is 0.254 e. The first-order valence-corrected chi connectivity index (χ1v) is 8.69. The van der Waals surface area contributed by atoms with Gasteiger partial charge in [-0.2, -0.15) is 0 Å². The molecule has 1 aliphatic rings. The zero-order valence-corrected chi connectivity index (χ0v) is 15.3. The van der Waals surface area contributed by atoms with Gasteiger partial charge in [-0.15, -0.1) is 0 Å². The zero-order chi connectivity index (χ0) is 18.1. The molecular weight excluding hydrogens is 302 g/mol. The molecule has 0 aromatic heterocycles. The van der Waals surface area contributed by atoms with E-state index < -0.39 is 5.54 Å². The molecule has 0 saturated heterocycles. The van der Waals surface area contributed by atoms with Crippen LogP contribution in [0.15, 0.2) is 24.3 Å². The maximum absolute atomic E-state index is 13.0. The Labute approximate surface area is 144 Å². The number of carbonyl (C=O) groups is 2. The van der Waals surface area contributed by atoms with E-state index in [4.69, 9.17) is 5.73 Å². The summed E-state index contributed by atoms with van der Waals surface area (Å²) in [5.41, 5.74) is 6.70. The Bertz CT molecular complexity index is 613. The first kappa shape index (κ1) is 18.5. The van der Waals surface area contributed by atoms with Crippen molar-refractivity contribution in [3.05, 3.63) is 35.4 Å². The van der Waals surface area contributed by atoms with E-state index >= 15 is 0 Å². The van der Waals surface area contributed by atoms with E-state index in [1.54, 1.807) is 0 Å². The molecule has 1 saturated carbocycles. The molecule has 3 N–H and O–H groups in total. The molecule has 5 heteroatoms. The van der Waals surface area contributed by atoms with Crippen LogP contribution in [-0.4, -0.2) is 34.3 Å². The quantitative estimate of drug-likeness (QED) is 0.841. The molecule has 0 bridgehead atoms. The number of hydrogen-bond donors (Lipinski definition) is 2. The van der Waals surface area contributed by atoms with Crippen molar-refractivity contribution in [1.29, 1.82) is 0 Å². The van der Waals surface area contributed by atoms with Crippen LogP contribution in [0.25, 0.3) is 0 Å². The average Bonchev–Trinajstić information content (AvgIpc) is 3.25. The molecular formula is C19H29N3O2. The van der Waals surface area contributed by atoms with Gasteiger partial charge in [0.2, 0.25) is 5.91 Å². The van der Waals surface area contributed by atoms with Gasteiger partial charge >= 0.3 is 0 Å². The van der Waals surface area contributed by atoms with Gasteiger partial charge in [0, 0.05) is 17.6 Å². The van der Waals surface area contributed by atoms with Crippen molar-refractivity contribution < 1.29 is 9.59 Å². The molecule has 132 valence electrons. The van der Waals surface area contributed by atoms with E-state index in [0.29, 0.717) is 5.56 Å². The summed E-state index contributed by atoms with van der Waals surface area (Å²) >= 11 is 0. The standard InChI is InChI=1S/C19H29N3O2/c1-12(2)22(13(3)4)17(23)16-9-7-6-8-15(16)14(5)21-18(24)19(20)10-11-19/h6-9,12-14H,10-11,20H2,1-5H3,(H,21,24). The lowest BCUT2D eigenvalue weighted by Crippen LogP contribution is -2.45. The minimum atomic E-state index is -0.713. The molecule has 1 unspecified atom stereocenters. The fraction of sp³-hybridized carbons (Fsp3) is 0.579. The molecule has 1 aromatic rings. The van der Waals surface area contributed by atoms with Crippen LogP contribution in [0.5, 0.6) is 0 Å². The first-order valence-electron chi connectivity index (χ1n) is 8.69. The van der Waals surface area contributed by atoms with Gasteiger partial charge in [-0.3, -0.25) is 9.59 Å². The molecule has 0 aliphatic heterocycles. The molecule has 5 nitrogen and oxygen atoms in total. The third-order valence-corrected chi connectivity index (χ3v) is 4.59. The summed E-state index contributed by atoms with van der Waals surface area (Å²) in [5, 5.41) is 2.96. The number of carbonyl (C=O) groups excluding carboxylic acids is 2. The molecule has 2 rings (SSSR count). The zero-order valence-electron chi connectivity index (χ0n) is 15.3. The third-order valence-electron chi connectivity index (χ3n) is 4.59. The first-order chi connectivity index (χ1) is 11.2. The Morgan fingerprint density at radius 1 is 1.08 bits per heavy atom. The van der Waals surface area contributed by atoms with Crippen LogP contribution in [-0.2, 0) is 4.79 Å². The van der Waals surface area contributed by atoms with Crippen molar-refractivity contribution in [1.82, 2.24) is 10.2 Å². The highest BCUT2D eigenvalue weighted by molar-refractivity contribution is 5.96. The summed E-state index contributed by atoms with van der Waals surface area (Å²) in [6, 6.07) is 7.41. The summed E-state index contributed by atoms with van der Waals surface area (Å²) in [6.45, 7) is 9.94. The van der Waals surface area contributed by atoms with E-state index in [9.17, 15) is 9.59 Å². The fourth-order valence-electron chi connectivity index (χ4n) is 3.05.